The lowest BCUT2D eigenvalue weighted by Crippen LogP contribution is -2.40. The van der Waals surface area contributed by atoms with Gasteiger partial charge in [-0.3, -0.25) is 0 Å². The number of nitrogens with zero attached hydrogens (tertiary/aromatic N) is 1. The quantitative estimate of drug-likeness (QED) is 0.787. The molecule has 0 unspecified atom stereocenters. The van der Waals surface area contributed by atoms with Crippen LogP contribution in [0.25, 0.3) is 0 Å². The number of benzene rings is 1. The van der Waals surface area contributed by atoms with Gasteiger partial charge in [0.15, 0.2) is 9.84 Å². The zero-order valence-electron chi connectivity index (χ0n) is 12.1. The van der Waals surface area contributed by atoms with Crippen LogP contribution in [0.2, 0.25) is 0 Å². The smallest absolute Gasteiger partial charge is 0.153 e. The van der Waals surface area contributed by atoms with Gasteiger partial charge in [0.2, 0.25) is 0 Å². The first kappa shape index (κ1) is 16.2. The van der Waals surface area contributed by atoms with Crippen molar-refractivity contribution in [2.24, 2.45) is 0 Å². The zero-order chi connectivity index (χ0) is 15.3. The summed E-state index contributed by atoms with van der Waals surface area (Å²) >= 11 is 0. The molecule has 0 aromatic heterocycles. The second-order valence-corrected chi connectivity index (χ2v) is 7.40. The molecule has 1 aliphatic heterocycles. The standard InChI is InChI=1S/C14H21FN2O3S/c1-20-7-4-16-11-12-2-3-14(13(15)10-12)17-5-8-21(18,19)9-6-17/h2-3,10,16H,4-9,11H2,1H3. The number of anilines is 1. The molecule has 118 valence electrons. The fourth-order valence-electron chi connectivity index (χ4n) is 2.28. The molecule has 0 aliphatic carbocycles. The van der Waals surface area contributed by atoms with Crippen molar-refractivity contribution in [3.63, 3.8) is 0 Å². The summed E-state index contributed by atoms with van der Waals surface area (Å²) in [5, 5.41) is 3.16. The maximum absolute atomic E-state index is 14.2. The van der Waals surface area contributed by atoms with E-state index in [4.69, 9.17) is 4.74 Å². The first-order valence-electron chi connectivity index (χ1n) is 6.95. The molecule has 1 saturated heterocycles. The van der Waals surface area contributed by atoms with Crippen molar-refractivity contribution in [1.82, 2.24) is 5.32 Å². The van der Waals surface area contributed by atoms with E-state index in [2.05, 4.69) is 5.32 Å². The predicted octanol–water partition coefficient (Wildman–Crippen LogP) is 0.796. The van der Waals surface area contributed by atoms with Crippen LogP contribution in [0, 0.1) is 5.82 Å². The second-order valence-electron chi connectivity index (χ2n) is 5.09. The SMILES string of the molecule is COCCNCc1ccc(N2CCS(=O)(=O)CC2)c(F)c1. The number of halogens is 1. The van der Waals surface area contributed by atoms with Gasteiger partial charge in [-0.25, -0.2) is 12.8 Å². The highest BCUT2D eigenvalue weighted by molar-refractivity contribution is 7.91. The van der Waals surface area contributed by atoms with Crippen LogP contribution in [0.1, 0.15) is 5.56 Å². The molecule has 1 aliphatic rings. The Morgan fingerprint density at radius 1 is 1.33 bits per heavy atom. The first-order chi connectivity index (χ1) is 10.0. The van der Waals surface area contributed by atoms with Gasteiger partial charge in [0.05, 0.1) is 23.8 Å². The van der Waals surface area contributed by atoms with Crippen molar-refractivity contribution in [1.29, 1.82) is 0 Å². The Morgan fingerprint density at radius 2 is 2.05 bits per heavy atom. The Morgan fingerprint density at radius 3 is 2.67 bits per heavy atom. The minimum atomic E-state index is -2.95. The van der Waals surface area contributed by atoms with E-state index in [-0.39, 0.29) is 17.3 Å². The molecule has 0 atom stereocenters. The van der Waals surface area contributed by atoms with Gasteiger partial charge in [-0.15, -0.1) is 0 Å². The normalized spacial score (nSPS) is 17.9. The number of hydrogen-bond acceptors (Lipinski definition) is 5. The Kier molecular flexibility index (Phi) is 5.55. The summed E-state index contributed by atoms with van der Waals surface area (Å²) in [6.07, 6.45) is 0. The van der Waals surface area contributed by atoms with Crippen molar-refractivity contribution in [2.75, 3.05) is 49.8 Å². The van der Waals surface area contributed by atoms with Crippen LogP contribution < -0.4 is 10.2 Å². The summed E-state index contributed by atoms with van der Waals surface area (Å²) in [6.45, 7) is 2.61. The Bertz CT molecular complexity index is 564. The van der Waals surface area contributed by atoms with E-state index >= 15 is 0 Å². The summed E-state index contributed by atoms with van der Waals surface area (Å²) < 4.78 is 41.9. The maximum Gasteiger partial charge on any atom is 0.153 e. The molecular formula is C14H21FN2O3S. The van der Waals surface area contributed by atoms with E-state index < -0.39 is 9.84 Å². The Balaban J connectivity index is 1.96. The molecule has 1 aromatic rings. The minimum Gasteiger partial charge on any atom is -0.383 e. The topological polar surface area (TPSA) is 58.6 Å². The summed E-state index contributed by atoms with van der Waals surface area (Å²) in [5.74, 6) is -0.125. The van der Waals surface area contributed by atoms with Crippen LogP contribution in [0.5, 0.6) is 0 Å². The van der Waals surface area contributed by atoms with Gasteiger partial charge in [-0.1, -0.05) is 6.07 Å². The van der Waals surface area contributed by atoms with E-state index in [0.717, 1.165) is 5.56 Å². The van der Waals surface area contributed by atoms with Crippen molar-refractivity contribution in [2.45, 2.75) is 6.54 Å². The summed E-state index contributed by atoms with van der Waals surface area (Å²) in [7, 11) is -1.31. The van der Waals surface area contributed by atoms with Crippen molar-refractivity contribution in [3.8, 4) is 0 Å². The predicted molar refractivity (Wildman–Crippen MR) is 80.8 cm³/mol. The highest BCUT2D eigenvalue weighted by Gasteiger charge is 2.23. The highest BCUT2D eigenvalue weighted by atomic mass is 32.2. The molecule has 1 heterocycles. The lowest BCUT2D eigenvalue weighted by Gasteiger charge is -2.29. The van der Waals surface area contributed by atoms with Crippen LogP contribution >= 0.6 is 0 Å². The monoisotopic (exact) mass is 316 g/mol. The van der Waals surface area contributed by atoms with Crippen molar-refractivity contribution >= 4 is 15.5 Å². The fraction of sp³-hybridized carbons (Fsp3) is 0.571. The van der Waals surface area contributed by atoms with E-state index in [1.165, 1.54) is 6.07 Å². The Labute approximate surface area is 125 Å². The molecule has 1 fully saturated rings. The molecule has 2 rings (SSSR count). The molecule has 1 N–H and O–H groups in total. The number of ether oxygens (including phenoxy) is 1. The number of rotatable bonds is 6. The lowest BCUT2D eigenvalue weighted by atomic mass is 10.1. The maximum atomic E-state index is 14.2. The summed E-state index contributed by atoms with van der Waals surface area (Å²) in [6, 6.07) is 5.08. The van der Waals surface area contributed by atoms with Gasteiger partial charge in [-0.05, 0) is 17.7 Å². The largest absolute Gasteiger partial charge is 0.383 e. The molecule has 0 amide bonds. The molecule has 0 spiro atoms. The van der Waals surface area contributed by atoms with Gasteiger partial charge in [0.1, 0.15) is 5.82 Å². The van der Waals surface area contributed by atoms with E-state index in [0.29, 0.717) is 38.5 Å². The van der Waals surface area contributed by atoms with Crippen LogP contribution in [0.4, 0.5) is 10.1 Å². The highest BCUT2D eigenvalue weighted by Crippen LogP contribution is 2.22. The minimum absolute atomic E-state index is 0.0900. The van der Waals surface area contributed by atoms with Gasteiger partial charge in [0, 0.05) is 33.3 Å². The summed E-state index contributed by atoms with van der Waals surface area (Å²) in [5.41, 5.74) is 1.34. The van der Waals surface area contributed by atoms with Crippen LogP contribution in [-0.4, -0.2) is 53.3 Å². The first-order valence-corrected chi connectivity index (χ1v) is 8.77. The number of hydrogen-bond donors (Lipinski definition) is 1. The van der Waals surface area contributed by atoms with E-state index in [1.807, 2.05) is 6.07 Å². The molecule has 0 bridgehead atoms. The molecular weight excluding hydrogens is 295 g/mol. The number of methoxy groups -OCH3 is 1. The third-order valence-corrected chi connectivity index (χ3v) is 5.12. The van der Waals surface area contributed by atoms with Crippen LogP contribution in [0.3, 0.4) is 0 Å². The third-order valence-electron chi connectivity index (χ3n) is 3.51. The lowest BCUT2D eigenvalue weighted by molar-refractivity contribution is 0.199. The number of nitrogens with one attached hydrogen (secondary N) is 1. The molecule has 0 saturated carbocycles. The van der Waals surface area contributed by atoms with Gasteiger partial charge >= 0.3 is 0 Å². The average molecular weight is 316 g/mol. The Hall–Kier alpha value is -1.18. The fourth-order valence-corrected chi connectivity index (χ4v) is 3.48. The van der Waals surface area contributed by atoms with Crippen LogP contribution in [-0.2, 0) is 21.1 Å². The van der Waals surface area contributed by atoms with Crippen molar-refractivity contribution < 1.29 is 17.5 Å². The third kappa shape index (κ3) is 4.66. The average Bonchev–Trinajstić information content (AvgIpc) is 2.44. The molecule has 5 nitrogen and oxygen atoms in total. The zero-order valence-corrected chi connectivity index (χ0v) is 13.0. The van der Waals surface area contributed by atoms with Crippen molar-refractivity contribution in [3.05, 3.63) is 29.6 Å². The van der Waals surface area contributed by atoms with Gasteiger partial charge in [-0.2, -0.15) is 0 Å². The summed E-state index contributed by atoms with van der Waals surface area (Å²) in [4.78, 5) is 1.79. The molecule has 21 heavy (non-hydrogen) atoms. The second kappa shape index (κ2) is 7.20. The molecule has 7 heteroatoms. The molecule has 0 radical (unpaired) electrons. The van der Waals surface area contributed by atoms with E-state index in [1.54, 1.807) is 18.1 Å². The van der Waals surface area contributed by atoms with Crippen LogP contribution in [0.15, 0.2) is 18.2 Å². The van der Waals surface area contributed by atoms with E-state index in [9.17, 15) is 12.8 Å². The number of sulfone groups is 1. The van der Waals surface area contributed by atoms with Gasteiger partial charge < -0.3 is 15.0 Å². The molecule has 1 aromatic carbocycles. The van der Waals surface area contributed by atoms with Gasteiger partial charge in [0.25, 0.3) is 0 Å².